The highest BCUT2D eigenvalue weighted by Crippen LogP contribution is 2.26. The average molecular weight is 523 g/mol. The number of hydrogen-bond donors (Lipinski definition) is 3. The molecule has 0 spiro atoms. The summed E-state index contributed by atoms with van der Waals surface area (Å²) in [5.74, 6) is 4.90. The molecule has 9 nitrogen and oxygen atoms in total. The first kappa shape index (κ1) is 27.9. The summed E-state index contributed by atoms with van der Waals surface area (Å²) in [5.41, 5.74) is 8.11. The number of benzene rings is 3. The zero-order valence-electron chi connectivity index (χ0n) is 21.1. The molecule has 0 bridgehead atoms. The van der Waals surface area contributed by atoms with Crippen molar-refractivity contribution in [2.75, 3.05) is 18.9 Å². The second-order valence-electron chi connectivity index (χ2n) is 7.89. The van der Waals surface area contributed by atoms with E-state index in [-0.39, 0.29) is 24.3 Å². The van der Waals surface area contributed by atoms with E-state index in [4.69, 9.17) is 33.2 Å². The van der Waals surface area contributed by atoms with Crippen LogP contribution in [0, 0.1) is 31.6 Å². The van der Waals surface area contributed by atoms with E-state index in [9.17, 15) is 9.59 Å². The number of aromatic amines is 1. The molecular formula is C30H26N4O5. The second-order valence-corrected chi connectivity index (χ2v) is 7.89. The summed E-state index contributed by atoms with van der Waals surface area (Å²) in [7, 11) is 0. The number of nitrogens with zero attached hydrogens (tertiary/aromatic N) is 2. The van der Waals surface area contributed by atoms with Crippen LogP contribution in [0.5, 0.6) is 11.5 Å². The number of terminal acetylenes is 2. The Balaban J connectivity index is 0.000000320. The van der Waals surface area contributed by atoms with Gasteiger partial charge in [0.25, 0.3) is 5.56 Å². The van der Waals surface area contributed by atoms with Crippen molar-refractivity contribution in [3.63, 3.8) is 0 Å². The lowest BCUT2D eigenvalue weighted by molar-refractivity contribution is 0.0697. The smallest absolute Gasteiger partial charge is 0.335 e. The number of carboxylic acids is 1. The number of nitrogens with two attached hydrogens (primary N) is 1. The molecule has 0 saturated heterocycles. The molecule has 0 fully saturated rings. The molecule has 9 heteroatoms. The van der Waals surface area contributed by atoms with Crippen molar-refractivity contribution < 1.29 is 19.4 Å². The number of para-hydroxylation sites is 4. The first-order valence-corrected chi connectivity index (χ1v) is 11.6. The number of ether oxygens (including phenoxy) is 2. The maximum Gasteiger partial charge on any atom is 0.335 e. The van der Waals surface area contributed by atoms with Gasteiger partial charge in [0.05, 0.1) is 22.5 Å². The zero-order valence-corrected chi connectivity index (χ0v) is 21.1. The SMILES string of the molecule is C#CCOc1ccccc1N.C#CCOc1ccccc1N=Cc1c(C)[nH]n(-c2ccc(C(=O)O)cc2)c1=O. The number of aromatic carboxylic acids is 1. The van der Waals surface area contributed by atoms with Crippen LogP contribution in [0.25, 0.3) is 5.69 Å². The fourth-order valence-electron chi connectivity index (χ4n) is 3.32. The second kappa shape index (κ2) is 13.6. The third kappa shape index (κ3) is 7.42. The summed E-state index contributed by atoms with van der Waals surface area (Å²) >= 11 is 0. The van der Waals surface area contributed by atoms with Crippen LogP contribution < -0.4 is 20.8 Å². The number of rotatable bonds is 8. The van der Waals surface area contributed by atoms with Gasteiger partial charge in [-0.3, -0.25) is 14.9 Å². The van der Waals surface area contributed by atoms with Gasteiger partial charge in [0.2, 0.25) is 0 Å². The summed E-state index contributed by atoms with van der Waals surface area (Å²) in [4.78, 5) is 28.1. The Kier molecular flexibility index (Phi) is 9.72. The topological polar surface area (TPSA) is 132 Å². The van der Waals surface area contributed by atoms with Gasteiger partial charge in [-0.15, -0.1) is 12.8 Å². The van der Waals surface area contributed by atoms with Crippen molar-refractivity contribution >= 4 is 23.6 Å². The first-order chi connectivity index (χ1) is 18.8. The Bertz CT molecular complexity index is 1600. The number of H-pyrrole nitrogens is 1. The lowest BCUT2D eigenvalue weighted by Gasteiger charge is -2.04. The van der Waals surface area contributed by atoms with Crippen molar-refractivity contribution in [3.05, 3.63) is 100.0 Å². The predicted molar refractivity (Wildman–Crippen MR) is 151 cm³/mol. The van der Waals surface area contributed by atoms with E-state index in [0.717, 1.165) is 0 Å². The lowest BCUT2D eigenvalue weighted by Crippen LogP contribution is -2.17. The highest BCUT2D eigenvalue weighted by molar-refractivity contribution is 5.87. The number of hydrogen-bond acceptors (Lipinski definition) is 6. The van der Waals surface area contributed by atoms with Crippen molar-refractivity contribution in [2.24, 2.45) is 4.99 Å². The van der Waals surface area contributed by atoms with E-state index in [1.807, 2.05) is 18.2 Å². The van der Waals surface area contributed by atoms with Gasteiger partial charge in [-0.1, -0.05) is 36.1 Å². The molecule has 1 heterocycles. The van der Waals surface area contributed by atoms with E-state index in [0.29, 0.717) is 39.8 Å². The minimum absolute atomic E-state index is 0.120. The van der Waals surface area contributed by atoms with Gasteiger partial charge in [-0.05, 0) is 55.5 Å². The van der Waals surface area contributed by atoms with Crippen LogP contribution in [0.15, 0.2) is 82.6 Å². The monoisotopic (exact) mass is 522 g/mol. The number of anilines is 1. The van der Waals surface area contributed by atoms with Crippen molar-refractivity contribution in [1.82, 2.24) is 9.78 Å². The van der Waals surface area contributed by atoms with E-state index in [2.05, 4.69) is 21.9 Å². The van der Waals surface area contributed by atoms with Crippen LogP contribution in [0.1, 0.15) is 21.6 Å². The average Bonchev–Trinajstić information content (AvgIpc) is 3.23. The molecule has 0 aliphatic heterocycles. The number of nitrogens with one attached hydrogen (secondary N) is 1. The van der Waals surface area contributed by atoms with Gasteiger partial charge >= 0.3 is 5.97 Å². The standard InChI is InChI=1S/C21H17N3O4.C9H9NO/c1-3-12-28-19-7-5-4-6-18(19)22-13-17-14(2)23-24(20(17)25)16-10-8-15(9-11-16)21(26)27;1-2-7-11-9-6-4-3-5-8(9)10/h1,4-11,13,23H,12H2,2H3,(H,26,27);1,3-6H,7,10H2. The maximum atomic E-state index is 12.8. The van der Waals surface area contributed by atoms with Crippen LogP contribution in [0.2, 0.25) is 0 Å². The highest BCUT2D eigenvalue weighted by atomic mass is 16.5. The predicted octanol–water partition coefficient (Wildman–Crippen LogP) is 4.22. The van der Waals surface area contributed by atoms with Gasteiger partial charge in [-0.25, -0.2) is 9.48 Å². The largest absolute Gasteiger partial charge is 0.479 e. The molecule has 0 aliphatic carbocycles. The molecule has 0 aliphatic rings. The quantitative estimate of drug-likeness (QED) is 0.180. The van der Waals surface area contributed by atoms with Crippen LogP contribution in [0.4, 0.5) is 11.4 Å². The number of carbonyl (C=O) groups is 1. The first-order valence-electron chi connectivity index (χ1n) is 11.6. The summed E-state index contributed by atoms with van der Waals surface area (Å²) in [6.07, 6.45) is 11.7. The molecule has 4 N–H and O–H groups in total. The van der Waals surface area contributed by atoms with E-state index in [1.54, 1.807) is 49.4 Å². The third-order valence-corrected chi connectivity index (χ3v) is 5.23. The zero-order chi connectivity index (χ0) is 28.2. The molecule has 1 aromatic heterocycles. The van der Waals surface area contributed by atoms with Gasteiger partial charge in [0.15, 0.2) is 0 Å². The normalized spacial score (nSPS) is 10.1. The Labute approximate surface area is 225 Å². The van der Waals surface area contributed by atoms with Gasteiger partial charge in [-0.2, -0.15) is 0 Å². The minimum atomic E-state index is -1.03. The molecule has 0 atom stereocenters. The third-order valence-electron chi connectivity index (χ3n) is 5.23. The van der Waals surface area contributed by atoms with Gasteiger partial charge < -0.3 is 20.3 Å². The van der Waals surface area contributed by atoms with Crippen LogP contribution >= 0.6 is 0 Å². The molecule has 196 valence electrons. The molecule has 0 amide bonds. The summed E-state index contributed by atoms with van der Waals surface area (Å²) < 4.78 is 11.9. The molecule has 39 heavy (non-hydrogen) atoms. The number of aliphatic imine (C=N–C) groups is 1. The van der Waals surface area contributed by atoms with E-state index < -0.39 is 5.97 Å². The Morgan fingerprint density at radius 1 is 1.00 bits per heavy atom. The molecule has 4 aromatic rings. The number of aromatic nitrogens is 2. The summed E-state index contributed by atoms with van der Waals surface area (Å²) in [6.45, 7) is 2.13. The minimum Gasteiger partial charge on any atom is -0.479 e. The fraction of sp³-hybridized carbons (Fsp3) is 0.100. The van der Waals surface area contributed by atoms with Crippen LogP contribution in [0.3, 0.4) is 0 Å². The molecule has 0 radical (unpaired) electrons. The summed E-state index contributed by atoms with van der Waals surface area (Å²) in [5, 5.41) is 12.0. The van der Waals surface area contributed by atoms with Crippen molar-refractivity contribution in [3.8, 4) is 41.9 Å². The van der Waals surface area contributed by atoms with E-state index in [1.165, 1.54) is 23.0 Å². The molecular weight excluding hydrogens is 496 g/mol. The maximum absolute atomic E-state index is 12.8. The molecule has 0 saturated carbocycles. The number of aryl methyl sites for hydroxylation is 1. The van der Waals surface area contributed by atoms with Crippen molar-refractivity contribution in [1.29, 1.82) is 0 Å². The van der Waals surface area contributed by atoms with Crippen molar-refractivity contribution in [2.45, 2.75) is 6.92 Å². The Hall–Kier alpha value is -5.67. The molecule has 4 rings (SSSR count). The Morgan fingerprint density at radius 3 is 2.21 bits per heavy atom. The van der Waals surface area contributed by atoms with Gasteiger partial charge in [0.1, 0.15) is 30.4 Å². The Morgan fingerprint density at radius 2 is 1.59 bits per heavy atom. The summed E-state index contributed by atoms with van der Waals surface area (Å²) in [6, 6.07) is 20.4. The molecule has 3 aromatic carbocycles. The number of nitrogen functional groups attached to an aromatic ring is 1. The molecule has 0 unspecified atom stereocenters. The lowest BCUT2D eigenvalue weighted by atomic mass is 10.2. The van der Waals surface area contributed by atoms with Crippen LogP contribution in [-0.2, 0) is 0 Å². The van der Waals surface area contributed by atoms with Gasteiger partial charge in [0, 0.05) is 11.9 Å². The fourth-order valence-corrected chi connectivity index (χ4v) is 3.32. The van der Waals surface area contributed by atoms with Crippen LogP contribution in [-0.4, -0.2) is 40.3 Å². The van der Waals surface area contributed by atoms with E-state index >= 15 is 0 Å². The number of carboxylic acid groups (broad SMARTS) is 1. The highest BCUT2D eigenvalue weighted by Gasteiger charge is 2.12.